The standard InChI is InChI=1S/C26H30N4O3.ClH/c1-18-6-8-21-22(27-18)4-3-5-23(21)30-12-10-29(11-13-30)15-20(17-31)19-7-9-25-24(14-19)28(2)16-26(32)33-25;/h3-9,14,20,31H,10-13,15-17H2,1-2H3;1H. The van der Waals surface area contributed by atoms with Crippen molar-refractivity contribution in [2.45, 2.75) is 12.8 Å². The molecule has 1 unspecified atom stereocenters. The lowest BCUT2D eigenvalue weighted by Crippen LogP contribution is -2.47. The minimum atomic E-state index is -0.244. The van der Waals surface area contributed by atoms with Gasteiger partial charge >= 0.3 is 5.97 Å². The molecule has 2 aromatic carbocycles. The number of hydrogen-bond donors (Lipinski definition) is 1. The molecular weight excluding hydrogens is 452 g/mol. The summed E-state index contributed by atoms with van der Waals surface area (Å²) in [6, 6.07) is 16.4. The lowest BCUT2D eigenvalue weighted by atomic mass is 9.97. The van der Waals surface area contributed by atoms with Crippen molar-refractivity contribution in [2.75, 3.05) is 62.7 Å². The average Bonchev–Trinajstić information content (AvgIpc) is 2.82. The molecule has 1 aromatic heterocycles. The van der Waals surface area contributed by atoms with Crippen LogP contribution in [0.1, 0.15) is 17.2 Å². The second-order valence-corrected chi connectivity index (χ2v) is 9.02. The SMILES string of the molecule is Cc1ccc2c(N3CCN(CC(CO)c4ccc5c(c4)N(C)CC(=O)O5)CC3)cccc2n1.Cl. The number of halogens is 1. The normalized spacial score (nSPS) is 17.2. The van der Waals surface area contributed by atoms with Crippen LogP contribution in [0.25, 0.3) is 10.9 Å². The number of hydrogen-bond acceptors (Lipinski definition) is 7. The number of fused-ring (bicyclic) bond motifs is 2. The lowest BCUT2D eigenvalue weighted by Gasteiger charge is -2.38. The second-order valence-electron chi connectivity index (χ2n) is 9.02. The van der Waals surface area contributed by atoms with E-state index in [1.807, 2.05) is 37.1 Å². The van der Waals surface area contributed by atoms with E-state index in [9.17, 15) is 9.90 Å². The molecule has 1 N–H and O–H groups in total. The van der Waals surface area contributed by atoms with Crippen LogP contribution in [0, 0.1) is 6.92 Å². The van der Waals surface area contributed by atoms with Crippen LogP contribution in [0.4, 0.5) is 11.4 Å². The quantitative estimate of drug-likeness (QED) is 0.442. The molecule has 34 heavy (non-hydrogen) atoms. The van der Waals surface area contributed by atoms with Gasteiger partial charge in [-0.1, -0.05) is 12.1 Å². The monoisotopic (exact) mass is 482 g/mol. The molecule has 0 saturated carbocycles. The Labute approximate surface area is 206 Å². The number of likely N-dealkylation sites (N-methyl/N-ethyl adjacent to an activating group) is 1. The minimum absolute atomic E-state index is 0. The van der Waals surface area contributed by atoms with Crippen LogP contribution in [0.3, 0.4) is 0 Å². The number of ether oxygens (including phenoxy) is 1. The van der Waals surface area contributed by atoms with Gasteiger partial charge in [0.2, 0.25) is 0 Å². The number of aromatic nitrogens is 1. The molecule has 0 radical (unpaired) electrons. The van der Waals surface area contributed by atoms with Gasteiger partial charge in [-0.05, 0) is 48.9 Å². The molecule has 3 heterocycles. The van der Waals surface area contributed by atoms with E-state index in [1.165, 1.54) is 11.1 Å². The summed E-state index contributed by atoms with van der Waals surface area (Å²) >= 11 is 0. The summed E-state index contributed by atoms with van der Waals surface area (Å²) in [6.45, 7) is 6.89. The Balaban J connectivity index is 0.00000274. The molecule has 8 heteroatoms. The van der Waals surface area contributed by atoms with Crippen LogP contribution >= 0.6 is 12.4 Å². The number of anilines is 2. The predicted molar refractivity (Wildman–Crippen MR) is 138 cm³/mol. The Bertz CT molecular complexity index is 1180. The zero-order chi connectivity index (χ0) is 22.9. The number of aliphatic hydroxyl groups is 1. The number of aliphatic hydroxyl groups excluding tert-OH is 1. The first-order chi connectivity index (χ1) is 16.0. The van der Waals surface area contributed by atoms with E-state index in [1.54, 1.807) is 0 Å². The maximum Gasteiger partial charge on any atom is 0.330 e. The highest BCUT2D eigenvalue weighted by molar-refractivity contribution is 5.92. The van der Waals surface area contributed by atoms with E-state index in [0.29, 0.717) is 5.75 Å². The van der Waals surface area contributed by atoms with Crippen LogP contribution in [-0.2, 0) is 4.79 Å². The molecule has 0 aliphatic carbocycles. The minimum Gasteiger partial charge on any atom is -0.423 e. The molecule has 7 nitrogen and oxygen atoms in total. The average molecular weight is 483 g/mol. The number of carbonyl (C=O) groups is 1. The Morgan fingerprint density at radius 1 is 1.06 bits per heavy atom. The van der Waals surface area contributed by atoms with Gasteiger partial charge in [0.25, 0.3) is 0 Å². The number of carbonyl (C=O) groups excluding carboxylic acids is 1. The van der Waals surface area contributed by atoms with Gasteiger partial charge in [0, 0.05) is 62.5 Å². The van der Waals surface area contributed by atoms with Crippen LogP contribution in [0.15, 0.2) is 48.5 Å². The van der Waals surface area contributed by atoms with E-state index >= 15 is 0 Å². The third-order valence-electron chi connectivity index (χ3n) is 6.72. The first-order valence-electron chi connectivity index (χ1n) is 11.5. The van der Waals surface area contributed by atoms with Gasteiger partial charge in [0.15, 0.2) is 5.75 Å². The third kappa shape index (κ3) is 4.82. The van der Waals surface area contributed by atoms with Crippen molar-refractivity contribution in [2.24, 2.45) is 0 Å². The summed E-state index contributed by atoms with van der Waals surface area (Å²) in [5.74, 6) is 0.353. The second kappa shape index (κ2) is 10.2. The highest BCUT2D eigenvalue weighted by atomic mass is 35.5. The van der Waals surface area contributed by atoms with Gasteiger partial charge < -0.3 is 19.6 Å². The molecule has 1 atom stereocenters. The van der Waals surface area contributed by atoms with Crippen molar-refractivity contribution in [1.29, 1.82) is 0 Å². The summed E-state index contributed by atoms with van der Waals surface area (Å²) in [5.41, 5.74) is 5.28. The molecule has 1 fully saturated rings. The summed E-state index contributed by atoms with van der Waals surface area (Å²) in [4.78, 5) is 23.1. The van der Waals surface area contributed by atoms with Crippen LogP contribution in [0.2, 0.25) is 0 Å². The third-order valence-corrected chi connectivity index (χ3v) is 6.72. The Morgan fingerprint density at radius 2 is 1.85 bits per heavy atom. The van der Waals surface area contributed by atoms with Gasteiger partial charge in [-0.3, -0.25) is 9.88 Å². The van der Waals surface area contributed by atoms with Gasteiger partial charge in [-0.15, -0.1) is 12.4 Å². The molecule has 3 aromatic rings. The fraction of sp³-hybridized carbons (Fsp3) is 0.385. The number of rotatable bonds is 5. The molecule has 2 aliphatic heterocycles. The van der Waals surface area contributed by atoms with Gasteiger partial charge in [0.05, 0.1) is 17.8 Å². The molecular formula is C26H31ClN4O3. The van der Waals surface area contributed by atoms with E-state index in [0.717, 1.165) is 55.2 Å². The zero-order valence-corrected chi connectivity index (χ0v) is 20.4. The van der Waals surface area contributed by atoms with Crippen molar-refractivity contribution >= 4 is 40.7 Å². The summed E-state index contributed by atoms with van der Waals surface area (Å²) in [6.07, 6.45) is 0. The number of nitrogens with zero attached hydrogens (tertiary/aromatic N) is 4. The molecule has 1 saturated heterocycles. The fourth-order valence-electron chi connectivity index (χ4n) is 4.87. The molecule has 180 valence electrons. The predicted octanol–water partition coefficient (Wildman–Crippen LogP) is 3.22. The lowest BCUT2D eigenvalue weighted by molar-refractivity contribution is -0.133. The Hall–Kier alpha value is -2.87. The molecule has 0 amide bonds. The molecule has 0 spiro atoms. The molecule has 5 rings (SSSR count). The first kappa shape index (κ1) is 24.3. The van der Waals surface area contributed by atoms with E-state index in [-0.39, 0.29) is 37.4 Å². The van der Waals surface area contributed by atoms with E-state index in [4.69, 9.17) is 4.74 Å². The number of piperazine rings is 1. The van der Waals surface area contributed by atoms with Gasteiger partial charge in [0.1, 0.15) is 6.54 Å². The summed E-state index contributed by atoms with van der Waals surface area (Å²) in [5, 5.41) is 11.3. The maximum absolute atomic E-state index is 11.7. The van der Waals surface area contributed by atoms with E-state index in [2.05, 4.69) is 45.1 Å². The van der Waals surface area contributed by atoms with Crippen molar-refractivity contribution in [1.82, 2.24) is 9.88 Å². The van der Waals surface area contributed by atoms with Crippen molar-refractivity contribution < 1.29 is 14.6 Å². The smallest absolute Gasteiger partial charge is 0.330 e. The van der Waals surface area contributed by atoms with Crippen molar-refractivity contribution in [3.63, 3.8) is 0 Å². The topological polar surface area (TPSA) is 69.1 Å². The van der Waals surface area contributed by atoms with Crippen molar-refractivity contribution in [3.05, 3.63) is 59.8 Å². The highest BCUT2D eigenvalue weighted by Crippen LogP contribution is 2.34. The fourth-order valence-corrected chi connectivity index (χ4v) is 4.87. The van der Waals surface area contributed by atoms with Crippen LogP contribution in [0.5, 0.6) is 5.75 Å². The number of pyridine rings is 1. The van der Waals surface area contributed by atoms with Gasteiger partial charge in [-0.25, -0.2) is 4.79 Å². The number of aryl methyl sites for hydroxylation is 1. The molecule has 0 bridgehead atoms. The zero-order valence-electron chi connectivity index (χ0n) is 19.6. The number of esters is 1. The van der Waals surface area contributed by atoms with Crippen molar-refractivity contribution in [3.8, 4) is 5.75 Å². The first-order valence-corrected chi connectivity index (χ1v) is 11.5. The summed E-state index contributed by atoms with van der Waals surface area (Å²) in [7, 11) is 1.89. The van der Waals surface area contributed by atoms with Crippen LogP contribution < -0.4 is 14.5 Å². The van der Waals surface area contributed by atoms with Gasteiger partial charge in [-0.2, -0.15) is 0 Å². The number of benzene rings is 2. The molecule has 2 aliphatic rings. The maximum atomic E-state index is 11.7. The Morgan fingerprint density at radius 3 is 2.62 bits per heavy atom. The van der Waals surface area contributed by atoms with E-state index < -0.39 is 0 Å². The highest BCUT2D eigenvalue weighted by Gasteiger charge is 2.25. The Kier molecular flexibility index (Phi) is 7.26. The van der Waals surface area contributed by atoms with Crippen LogP contribution in [-0.4, -0.2) is 73.9 Å². The largest absolute Gasteiger partial charge is 0.423 e. The summed E-state index contributed by atoms with van der Waals surface area (Å²) < 4.78 is 5.35.